The molecule has 3 heteroatoms. The predicted octanol–water partition coefficient (Wildman–Crippen LogP) is 5.82. The Morgan fingerprint density at radius 3 is 2.11 bits per heavy atom. The smallest absolute Gasteiger partial charge is 0.108 e. The van der Waals surface area contributed by atoms with Gasteiger partial charge in [-0.3, -0.25) is 4.84 Å². The van der Waals surface area contributed by atoms with E-state index < -0.39 is 0 Å². The fraction of sp³-hybridized carbons (Fsp3) is 0.458. The van der Waals surface area contributed by atoms with E-state index in [1.54, 1.807) is 0 Å². The van der Waals surface area contributed by atoms with Gasteiger partial charge in [-0.25, -0.2) is 0 Å². The van der Waals surface area contributed by atoms with Crippen molar-refractivity contribution in [2.45, 2.75) is 70.6 Å². The van der Waals surface area contributed by atoms with Gasteiger partial charge in [0, 0.05) is 17.5 Å². The van der Waals surface area contributed by atoms with Gasteiger partial charge in [-0.05, 0) is 70.2 Å². The average Bonchev–Trinajstić information content (AvgIpc) is 2.64. The van der Waals surface area contributed by atoms with Crippen molar-refractivity contribution in [3.8, 4) is 6.07 Å². The predicted molar refractivity (Wildman–Crippen MR) is 109 cm³/mol. The Morgan fingerprint density at radius 2 is 1.56 bits per heavy atom. The van der Waals surface area contributed by atoms with Gasteiger partial charge in [-0.1, -0.05) is 42.5 Å². The van der Waals surface area contributed by atoms with Gasteiger partial charge in [-0.15, -0.1) is 0 Å². The van der Waals surface area contributed by atoms with Crippen LogP contribution in [0, 0.1) is 11.3 Å². The molecule has 2 aromatic carbocycles. The summed E-state index contributed by atoms with van der Waals surface area (Å²) in [5.41, 5.74) is 3.01. The summed E-state index contributed by atoms with van der Waals surface area (Å²) in [5.74, 6) is 0. The van der Waals surface area contributed by atoms with E-state index >= 15 is 0 Å². The van der Waals surface area contributed by atoms with Crippen LogP contribution in [0.5, 0.6) is 0 Å². The van der Waals surface area contributed by atoms with E-state index in [-0.39, 0.29) is 17.2 Å². The summed E-state index contributed by atoms with van der Waals surface area (Å²) >= 11 is 0. The third kappa shape index (κ3) is 4.58. The first kappa shape index (κ1) is 19.6. The Morgan fingerprint density at radius 1 is 0.963 bits per heavy atom. The highest BCUT2D eigenvalue weighted by Gasteiger charge is 2.43. The summed E-state index contributed by atoms with van der Waals surface area (Å²) in [6, 6.07) is 20.5. The number of hydrogen-bond donors (Lipinski definition) is 0. The Bertz CT molecular complexity index is 771. The topological polar surface area (TPSA) is 36.3 Å². The molecule has 1 atom stereocenters. The van der Waals surface area contributed by atoms with E-state index in [1.165, 1.54) is 12.0 Å². The molecule has 0 radical (unpaired) electrons. The molecule has 1 fully saturated rings. The van der Waals surface area contributed by atoms with Crippen LogP contribution in [0.1, 0.15) is 69.8 Å². The zero-order chi connectivity index (χ0) is 19.5. The molecule has 0 N–H and O–H groups in total. The van der Waals surface area contributed by atoms with Crippen molar-refractivity contribution < 1.29 is 4.84 Å². The van der Waals surface area contributed by atoms with Gasteiger partial charge in [0.2, 0.25) is 0 Å². The maximum Gasteiger partial charge on any atom is 0.108 e. The van der Waals surface area contributed by atoms with Crippen molar-refractivity contribution in [3.63, 3.8) is 0 Å². The molecule has 0 aromatic heterocycles. The third-order valence-electron chi connectivity index (χ3n) is 5.58. The lowest BCUT2D eigenvalue weighted by molar-refractivity contribution is -0.307. The minimum absolute atomic E-state index is 0.0106. The van der Waals surface area contributed by atoms with Gasteiger partial charge < -0.3 is 0 Å². The summed E-state index contributed by atoms with van der Waals surface area (Å²) in [7, 11) is 0. The van der Waals surface area contributed by atoms with E-state index in [2.05, 4.69) is 63.1 Å². The zero-order valence-electron chi connectivity index (χ0n) is 16.9. The fourth-order valence-corrected chi connectivity index (χ4v) is 4.21. The molecule has 1 aliphatic rings. The molecule has 27 heavy (non-hydrogen) atoms. The van der Waals surface area contributed by atoms with Crippen LogP contribution in [-0.4, -0.2) is 16.1 Å². The minimum Gasteiger partial charge on any atom is -0.290 e. The molecule has 0 bridgehead atoms. The largest absolute Gasteiger partial charge is 0.290 e. The second-order valence-electron chi connectivity index (χ2n) is 8.79. The number of benzene rings is 2. The zero-order valence-corrected chi connectivity index (χ0v) is 16.9. The second-order valence-corrected chi connectivity index (χ2v) is 8.79. The lowest BCUT2D eigenvalue weighted by Gasteiger charge is -2.52. The van der Waals surface area contributed by atoms with Crippen LogP contribution < -0.4 is 0 Å². The third-order valence-corrected chi connectivity index (χ3v) is 5.58. The summed E-state index contributed by atoms with van der Waals surface area (Å²) in [5, 5.41) is 11.3. The Kier molecular flexibility index (Phi) is 5.69. The highest BCUT2D eigenvalue weighted by Crippen LogP contribution is 2.41. The highest BCUT2D eigenvalue weighted by molar-refractivity contribution is 5.33. The second kappa shape index (κ2) is 7.84. The van der Waals surface area contributed by atoms with Gasteiger partial charge in [0.15, 0.2) is 0 Å². The average molecular weight is 363 g/mol. The van der Waals surface area contributed by atoms with Crippen molar-refractivity contribution in [1.82, 2.24) is 5.06 Å². The monoisotopic (exact) mass is 362 g/mol. The van der Waals surface area contributed by atoms with Crippen LogP contribution in [-0.2, 0) is 11.3 Å². The quantitative estimate of drug-likeness (QED) is 0.673. The van der Waals surface area contributed by atoms with Crippen molar-refractivity contribution in [2.75, 3.05) is 0 Å². The maximum absolute atomic E-state index is 9.11. The highest BCUT2D eigenvalue weighted by atomic mass is 16.7. The summed E-state index contributed by atoms with van der Waals surface area (Å²) in [6.07, 6.45) is 4.19. The maximum atomic E-state index is 9.11. The van der Waals surface area contributed by atoms with Crippen LogP contribution in [0.15, 0.2) is 54.6 Å². The first-order chi connectivity index (χ1) is 12.8. The molecule has 2 aromatic rings. The SMILES string of the molecule is CC1(C)CCCC(C)(C)N1OC(Cc1ccccc1)c1ccc(C#N)cc1. The van der Waals surface area contributed by atoms with E-state index in [0.717, 1.165) is 24.8 Å². The standard InChI is InChI=1S/C24H30N2O/c1-23(2)15-8-16-24(3,4)26(23)27-22(17-19-9-6-5-7-10-19)21-13-11-20(18-25)12-14-21/h5-7,9-14,22H,8,15-17H2,1-4H3. The van der Waals surface area contributed by atoms with Gasteiger partial charge in [0.25, 0.3) is 0 Å². The molecule has 142 valence electrons. The number of hydroxylamine groups is 2. The molecule has 3 rings (SSSR count). The van der Waals surface area contributed by atoms with Crippen LogP contribution >= 0.6 is 0 Å². The van der Waals surface area contributed by atoms with Gasteiger partial charge in [-0.2, -0.15) is 10.3 Å². The van der Waals surface area contributed by atoms with E-state index in [9.17, 15) is 0 Å². The fourth-order valence-electron chi connectivity index (χ4n) is 4.21. The normalized spacial score (nSPS) is 20.0. The summed E-state index contributed by atoms with van der Waals surface area (Å²) in [4.78, 5) is 6.74. The van der Waals surface area contributed by atoms with Gasteiger partial charge >= 0.3 is 0 Å². The van der Waals surface area contributed by atoms with Gasteiger partial charge in [0.1, 0.15) is 6.10 Å². The Balaban J connectivity index is 1.92. The molecule has 1 saturated heterocycles. The Labute approximate surface area is 163 Å². The van der Waals surface area contributed by atoms with Crippen molar-refractivity contribution in [3.05, 3.63) is 71.3 Å². The van der Waals surface area contributed by atoms with Crippen LogP contribution in [0.25, 0.3) is 0 Å². The molecule has 1 aliphatic heterocycles. The lowest BCUT2D eigenvalue weighted by Crippen LogP contribution is -2.58. The molecular formula is C24H30N2O. The van der Waals surface area contributed by atoms with E-state index in [1.807, 2.05) is 30.3 Å². The van der Waals surface area contributed by atoms with Gasteiger partial charge in [0.05, 0.1) is 11.6 Å². The molecule has 0 amide bonds. The first-order valence-corrected chi connectivity index (χ1v) is 9.83. The molecule has 1 heterocycles. The van der Waals surface area contributed by atoms with Crippen LogP contribution in [0.4, 0.5) is 0 Å². The van der Waals surface area contributed by atoms with Crippen LogP contribution in [0.3, 0.4) is 0 Å². The Hall–Kier alpha value is -2.15. The first-order valence-electron chi connectivity index (χ1n) is 9.83. The van der Waals surface area contributed by atoms with Crippen molar-refractivity contribution in [1.29, 1.82) is 5.26 Å². The molecule has 0 saturated carbocycles. The van der Waals surface area contributed by atoms with Crippen molar-refractivity contribution >= 4 is 0 Å². The summed E-state index contributed by atoms with van der Waals surface area (Å²) < 4.78 is 0. The molecule has 0 spiro atoms. The number of nitrogens with zero attached hydrogens (tertiary/aromatic N) is 2. The lowest BCUT2D eigenvalue weighted by atomic mass is 9.82. The molecule has 1 unspecified atom stereocenters. The minimum atomic E-state index is -0.0863. The van der Waals surface area contributed by atoms with E-state index in [4.69, 9.17) is 10.1 Å². The van der Waals surface area contributed by atoms with Crippen molar-refractivity contribution in [2.24, 2.45) is 0 Å². The van der Waals surface area contributed by atoms with E-state index in [0.29, 0.717) is 5.56 Å². The summed E-state index contributed by atoms with van der Waals surface area (Å²) in [6.45, 7) is 9.08. The number of rotatable bonds is 5. The number of nitriles is 1. The number of hydrogen-bond acceptors (Lipinski definition) is 3. The number of piperidine rings is 1. The van der Waals surface area contributed by atoms with Crippen LogP contribution in [0.2, 0.25) is 0 Å². The molecular weight excluding hydrogens is 332 g/mol. The molecule has 3 nitrogen and oxygen atoms in total. The molecule has 0 aliphatic carbocycles.